The maximum absolute atomic E-state index is 13.3. The molecule has 0 unspecified atom stereocenters. The van der Waals surface area contributed by atoms with Crippen molar-refractivity contribution in [2.24, 2.45) is 0 Å². The lowest BCUT2D eigenvalue weighted by molar-refractivity contribution is 0.203. The molecule has 0 radical (unpaired) electrons. The fourth-order valence-electron chi connectivity index (χ4n) is 3.62. The zero-order valence-corrected chi connectivity index (χ0v) is 14.3. The van der Waals surface area contributed by atoms with Gasteiger partial charge >= 0.3 is 0 Å². The molecule has 3 heterocycles. The summed E-state index contributed by atoms with van der Waals surface area (Å²) in [5.41, 5.74) is 9.94. The Hall–Kier alpha value is -2.47. The first-order valence-electron chi connectivity index (χ1n) is 8.68. The molecule has 3 aromatic rings. The van der Waals surface area contributed by atoms with Crippen molar-refractivity contribution in [3.05, 3.63) is 59.2 Å². The number of halogens is 1. The average Bonchev–Trinajstić information content (AvgIpc) is 2.96. The number of piperidine rings is 1. The number of anilines is 1. The van der Waals surface area contributed by atoms with Crippen LogP contribution in [0, 0.1) is 12.7 Å². The van der Waals surface area contributed by atoms with Crippen molar-refractivity contribution in [1.29, 1.82) is 0 Å². The first-order chi connectivity index (χ1) is 12.1. The predicted molar refractivity (Wildman–Crippen MR) is 95.8 cm³/mol. The van der Waals surface area contributed by atoms with Crippen LogP contribution < -0.4 is 5.73 Å². The van der Waals surface area contributed by atoms with Crippen LogP contribution in [0.25, 0.3) is 5.65 Å². The minimum Gasteiger partial charge on any atom is -0.384 e. The highest BCUT2D eigenvalue weighted by atomic mass is 19.1. The summed E-state index contributed by atoms with van der Waals surface area (Å²) < 4.78 is 15.0. The van der Waals surface area contributed by atoms with Gasteiger partial charge in [0.05, 0.1) is 5.69 Å². The molecular formula is C19H22FN5. The van der Waals surface area contributed by atoms with E-state index in [0.29, 0.717) is 11.7 Å². The summed E-state index contributed by atoms with van der Waals surface area (Å²) in [6.07, 6.45) is 2.07. The lowest BCUT2D eigenvalue weighted by Crippen LogP contribution is -2.32. The Kier molecular flexibility index (Phi) is 4.13. The summed E-state index contributed by atoms with van der Waals surface area (Å²) in [7, 11) is 0. The molecule has 1 aliphatic heterocycles. The lowest BCUT2D eigenvalue weighted by Gasteiger charge is -2.31. The number of aryl methyl sites for hydroxylation is 1. The fraction of sp³-hybridized carbons (Fsp3) is 0.368. The van der Waals surface area contributed by atoms with Crippen LogP contribution >= 0.6 is 0 Å². The second kappa shape index (κ2) is 6.44. The van der Waals surface area contributed by atoms with Gasteiger partial charge in [0.2, 0.25) is 0 Å². The summed E-state index contributed by atoms with van der Waals surface area (Å²) in [5.74, 6) is 0.873. The first-order valence-corrected chi connectivity index (χ1v) is 8.68. The van der Waals surface area contributed by atoms with Crippen LogP contribution in [-0.2, 0) is 6.54 Å². The van der Waals surface area contributed by atoms with Crippen molar-refractivity contribution in [1.82, 2.24) is 19.5 Å². The van der Waals surface area contributed by atoms with Gasteiger partial charge in [-0.3, -0.25) is 4.90 Å². The van der Waals surface area contributed by atoms with Crippen molar-refractivity contribution in [3.8, 4) is 0 Å². The largest absolute Gasteiger partial charge is 0.384 e. The Morgan fingerprint density at radius 3 is 2.76 bits per heavy atom. The molecule has 0 saturated carbocycles. The first kappa shape index (κ1) is 16.0. The maximum Gasteiger partial charge on any atom is 0.157 e. The summed E-state index contributed by atoms with van der Waals surface area (Å²) >= 11 is 0. The minimum absolute atomic E-state index is 0.170. The van der Waals surface area contributed by atoms with E-state index in [-0.39, 0.29) is 5.82 Å². The molecule has 130 valence electrons. The number of rotatable bonds is 3. The van der Waals surface area contributed by atoms with E-state index in [0.717, 1.165) is 55.1 Å². The molecule has 6 heteroatoms. The van der Waals surface area contributed by atoms with Gasteiger partial charge in [-0.25, -0.2) is 9.37 Å². The van der Waals surface area contributed by atoms with E-state index in [1.807, 2.05) is 25.1 Å². The molecule has 1 aromatic carbocycles. The zero-order valence-electron chi connectivity index (χ0n) is 14.3. The van der Waals surface area contributed by atoms with Crippen LogP contribution in [0.5, 0.6) is 0 Å². The molecule has 5 nitrogen and oxygen atoms in total. The zero-order chi connectivity index (χ0) is 17.4. The molecule has 0 amide bonds. The van der Waals surface area contributed by atoms with E-state index >= 15 is 0 Å². The molecule has 4 rings (SSSR count). The minimum atomic E-state index is -0.170. The SMILES string of the molecule is Cc1cc2nc(C3CCN(Cc4cccc(F)c4)CC3)cc(N)n2n1. The highest BCUT2D eigenvalue weighted by molar-refractivity contribution is 5.48. The summed E-state index contributed by atoms with van der Waals surface area (Å²) in [6.45, 7) is 4.69. The Balaban J connectivity index is 1.45. The van der Waals surface area contributed by atoms with E-state index in [1.165, 1.54) is 6.07 Å². The number of nitrogens with two attached hydrogens (primary N) is 1. The van der Waals surface area contributed by atoms with Gasteiger partial charge in [-0.15, -0.1) is 0 Å². The van der Waals surface area contributed by atoms with Crippen molar-refractivity contribution in [2.75, 3.05) is 18.8 Å². The molecule has 1 fully saturated rings. The molecule has 0 atom stereocenters. The van der Waals surface area contributed by atoms with Crippen LogP contribution in [0.3, 0.4) is 0 Å². The molecular weight excluding hydrogens is 317 g/mol. The molecule has 1 aliphatic rings. The summed E-state index contributed by atoms with van der Waals surface area (Å²) in [4.78, 5) is 7.12. The number of nitrogen functional groups attached to an aromatic ring is 1. The Morgan fingerprint density at radius 2 is 2.00 bits per heavy atom. The van der Waals surface area contributed by atoms with Crippen molar-refractivity contribution < 1.29 is 4.39 Å². The average molecular weight is 339 g/mol. The normalized spacial score (nSPS) is 16.6. The van der Waals surface area contributed by atoms with Crippen molar-refractivity contribution >= 4 is 11.5 Å². The Labute approximate surface area is 146 Å². The fourth-order valence-corrected chi connectivity index (χ4v) is 3.62. The van der Waals surface area contributed by atoms with E-state index < -0.39 is 0 Å². The number of benzene rings is 1. The van der Waals surface area contributed by atoms with E-state index in [2.05, 4.69) is 10.00 Å². The maximum atomic E-state index is 13.3. The smallest absolute Gasteiger partial charge is 0.157 e. The number of nitrogens with zero attached hydrogens (tertiary/aromatic N) is 4. The number of aromatic nitrogens is 3. The standard InChI is InChI=1S/C19H22FN5/c1-13-9-19-22-17(11-18(21)25(19)23-13)15-5-7-24(8-6-15)12-14-3-2-4-16(20)10-14/h2-4,9-11,15H,5-8,12,21H2,1H3. The van der Waals surface area contributed by atoms with Crippen LogP contribution in [0.2, 0.25) is 0 Å². The summed E-state index contributed by atoms with van der Waals surface area (Å²) in [5, 5.41) is 4.36. The monoisotopic (exact) mass is 339 g/mol. The van der Waals surface area contributed by atoms with Gasteiger partial charge in [-0.1, -0.05) is 12.1 Å². The van der Waals surface area contributed by atoms with Gasteiger partial charge in [0.25, 0.3) is 0 Å². The molecule has 0 aliphatic carbocycles. The predicted octanol–water partition coefficient (Wildman–Crippen LogP) is 3.14. The second-order valence-corrected chi connectivity index (χ2v) is 6.84. The van der Waals surface area contributed by atoms with Crippen LogP contribution in [0.1, 0.15) is 35.7 Å². The highest BCUT2D eigenvalue weighted by Gasteiger charge is 2.23. The van der Waals surface area contributed by atoms with Gasteiger partial charge in [-0.2, -0.15) is 9.61 Å². The third-order valence-corrected chi connectivity index (χ3v) is 4.90. The lowest BCUT2D eigenvalue weighted by atomic mass is 9.93. The highest BCUT2D eigenvalue weighted by Crippen LogP contribution is 2.29. The molecule has 2 N–H and O–H groups in total. The molecule has 0 spiro atoms. The van der Waals surface area contributed by atoms with Gasteiger partial charge in [0, 0.05) is 30.3 Å². The van der Waals surface area contributed by atoms with Gasteiger partial charge in [0.1, 0.15) is 11.6 Å². The van der Waals surface area contributed by atoms with Gasteiger partial charge in [0.15, 0.2) is 5.65 Å². The van der Waals surface area contributed by atoms with Crippen LogP contribution in [-0.4, -0.2) is 32.6 Å². The van der Waals surface area contributed by atoms with Crippen LogP contribution in [0.4, 0.5) is 10.2 Å². The van der Waals surface area contributed by atoms with Gasteiger partial charge < -0.3 is 5.73 Å². The van der Waals surface area contributed by atoms with Crippen molar-refractivity contribution in [2.45, 2.75) is 32.2 Å². The van der Waals surface area contributed by atoms with Gasteiger partial charge in [-0.05, 0) is 50.6 Å². The number of likely N-dealkylation sites (tertiary alicyclic amines) is 1. The number of fused-ring (bicyclic) bond motifs is 1. The quantitative estimate of drug-likeness (QED) is 0.796. The second-order valence-electron chi connectivity index (χ2n) is 6.84. The molecule has 0 bridgehead atoms. The molecule has 1 saturated heterocycles. The number of hydrogen-bond acceptors (Lipinski definition) is 4. The van der Waals surface area contributed by atoms with Crippen LogP contribution in [0.15, 0.2) is 36.4 Å². The Morgan fingerprint density at radius 1 is 1.20 bits per heavy atom. The van der Waals surface area contributed by atoms with E-state index in [1.54, 1.807) is 16.6 Å². The van der Waals surface area contributed by atoms with Crippen molar-refractivity contribution in [3.63, 3.8) is 0 Å². The third-order valence-electron chi connectivity index (χ3n) is 4.90. The molecule has 2 aromatic heterocycles. The Bertz CT molecular complexity index is 896. The number of hydrogen-bond donors (Lipinski definition) is 1. The third kappa shape index (κ3) is 3.35. The van der Waals surface area contributed by atoms with E-state index in [9.17, 15) is 4.39 Å². The van der Waals surface area contributed by atoms with E-state index in [4.69, 9.17) is 10.7 Å². The summed E-state index contributed by atoms with van der Waals surface area (Å²) in [6, 6.07) is 10.8. The molecule has 25 heavy (non-hydrogen) atoms. The topological polar surface area (TPSA) is 59.5 Å².